The third-order valence-electron chi connectivity index (χ3n) is 9.40. The highest BCUT2D eigenvalue weighted by atomic mass is 32.1. The molecule has 3 nitrogen and oxygen atoms in total. The van der Waals surface area contributed by atoms with Gasteiger partial charge in [-0.2, -0.15) is 0 Å². The van der Waals surface area contributed by atoms with E-state index >= 15 is 0 Å². The SMILES string of the molecule is c1ccc(-c2cc(-c3ccccc3)nc(-n3c4ccc5ccccc5c4c4cc(-c5ccccc5)c5c6ccccc6sc5c43)n2)cc1. The predicted octanol–water partition coefficient (Wildman–Crippen LogP) is 12.1. The fourth-order valence-electron chi connectivity index (χ4n) is 7.25. The van der Waals surface area contributed by atoms with Gasteiger partial charge in [-0.15, -0.1) is 11.3 Å². The number of fused-ring (bicyclic) bond motifs is 9. The molecule has 0 spiro atoms. The molecule has 0 N–H and O–H groups in total. The Hall–Kier alpha value is -6.10. The summed E-state index contributed by atoms with van der Waals surface area (Å²) in [6.45, 7) is 0. The fourth-order valence-corrected chi connectivity index (χ4v) is 8.52. The highest BCUT2D eigenvalue weighted by Crippen LogP contribution is 2.48. The first-order valence-electron chi connectivity index (χ1n) is 16.2. The van der Waals surface area contributed by atoms with Crippen LogP contribution in [-0.4, -0.2) is 14.5 Å². The van der Waals surface area contributed by atoms with Gasteiger partial charge >= 0.3 is 0 Å². The normalized spacial score (nSPS) is 11.8. The van der Waals surface area contributed by atoms with E-state index in [1.165, 1.54) is 52.8 Å². The highest BCUT2D eigenvalue weighted by molar-refractivity contribution is 7.26. The smallest absolute Gasteiger partial charge is 0.235 e. The van der Waals surface area contributed by atoms with Crippen molar-refractivity contribution in [3.63, 3.8) is 0 Å². The zero-order valence-corrected chi connectivity index (χ0v) is 26.7. The molecule has 7 aromatic carbocycles. The van der Waals surface area contributed by atoms with Crippen LogP contribution in [0.2, 0.25) is 0 Å². The zero-order chi connectivity index (χ0) is 31.6. The first kappa shape index (κ1) is 27.1. The molecule has 224 valence electrons. The van der Waals surface area contributed by atoms with Crippen molar-refractivity contribution in [1.82, 2.24) is 14.5 Å². The maximum absolute atomic E-state index is 5.35. The van der Waals surface area contributed by atoms with Gasteiger partial charge in [0.2, 0.25) is 5.95 Å². The summed E-state index contributed by atoms with van der Waals surface area (Å²) in [6, 6.07) is 58.1. The Morgan fingerprint density at radius 3 is 1.73 bits per heavy atom. The molecule has 0 bridgehead atoms. The molecular weight excluding hydrogens is 603 g/mol. The number of rotatable bonds is 4. The summed E-state index contributed by atoms with van der Waals surface area (Å²) in [5.74, 6) is 0.664. The van der Waals surface area contributed by atoms with Crippen molar-refractivity contribution in [1.29, 1.82) is 0 Å². The average molecular weight is 630 g/mol. The van der Waals surface area contributed by atoms with Crippen LogP contribution in [0.1, 0.15) is 0 Å². The molecule has 0 fully saturated rings. The molecule has 0 aliphatic heterocycles. The highest BCUT2D eigenvalue weighted by Gasteiger charge is 2.24. The van der Waals surface area contributed by atoms with E-state index in [1.54, 1.807) is 0 Å². The molecule has 10 aromatic rings. The number of hydrogen-bond acceptors (Lipinski definition) is 3. The summed E-state index contributed by atoms with van der Waals surface area (Å²) < 4.78 is 4.83. The van der Waals surface area contributed by atoms with E-state index in [4.69, 9.17) is 9.97 Å². The molecule has 3 aromatic heterocycles. The van der Waals surface area contributed by atoms with Crippen LogP contribution in [0, 0.1) is 0 Å². The van der Waals surface area contributed by atoms with Crippen LogP contribution < -0.4 is 0 Å². The van der Waals surface area contributed by atoms with E-state index in [1.807, 2.05) is 23.5 Å². The molecule has 0 saturated heterocycles. The number of thiophene rings is 1. The second kappa shape index (κ2) is 10.7. The topological polar surface area (TPSA) is 30.7 Å². The summed E-state index contributed by atoms with van der Waals surface area (Å²) in [5.41, 5.74) is 8.59. The van der Waals surface area contributed by atoms with E-state index in [0.29, 0.717) is 5.95 Å². The van der Waals surface area contributed by atoms with Crippen molar-refractivity contribution in [3.8, 4) is 39.6 Å². The van der Waals surface area contributed by atoms with Gasteiger partial charge in [0.05, 0.1) is 27.1 Å². The lowest BCUT2D eigenvalue weighted by molar-refractivity contribution is 0.999. The summed E-state index contributed by atoms with van der Waals surface area (Å²) >= 11 is 1.85. The molecule has 0 aliphatic rings. The monoisotopic (exact) mass is 629 g/mol. The molecule has 0 atom stereocenters. The molecule has 0 radical (unpaired) electrons. The fraction of sp³-hybridized carbons (Fsp3) is 0. The number of hydrogen-bond donors (Lipinski definition) is 0. The van der Waals surface area contributed by atoms with Crippen molar-refractivity contribution in [2.24, 2.45) is 0 Å². The molecule has 0 saturated carbocycles. The van der Waals surface area contributed by atoms with Crippen LogP contribution in [0.25, 0.3) is 92.3 Å². The third kappa shape index (κ3) is 4.13. The second-order valence-corrected chi connectivity index (χ2v) is 13.2. The number of nitrogens with zero attached hydrogens (tertiary/aromatic N) is 3. The largest absolute Gasteiger partial charge is 0.276 e. The predicted molar refractivity (Wildman–Crippen MR) is 203 cm³/mol. The molecule has 48 heavy (non-hydrogen) atoms. The molecule has 0 amide bonds. The van der Waals surface area contributed by atoms with Crippen molar-refractivity contribution in [2.75, 3.05) is 0 Å². The van der Waals surface area contributed by atoms with Gasteiger partial charge in [0, 0.05) is 37.4 Å². The van der Waals surface area contributed by atoms with E-state index in [9.17, 15) is 0 Å². The van der Waals surface area contributed by atoms with E-state index in [-0.39, 0.29) is 0 Å². The molecule has 3 heterocycles. The maximum Gasteiger partial charge on any atom is 0.235 e. The summed E-state index contributed by atoms with van der Waals surface area (Å²) in [7, 11) is 0. The second-order valence-electron chi connectivity index (χ2n) is 12.2. The first-order valence-corrected chi connectivity index (χ1v) is 17.0. The lowest BCUT2D eigenvalue weighted by Crippen LogP contribution is -2.04. The van der Waals surface area contributed by atoms with Crippen molar-refractivity contribution in [3.05, 3.63) is 164 Å². The number of benzene rings is 7. The molecule has 10 rings (SSSR count). The number of aromatic nitrogens is 3. The van der Waals surface area contributed by atoms with Crippen LogP contribution in [0.15, 0.2) is 164 Å². The molecule has 4 heteroatoms. The Labute approximate surface area is 281 Å². The van der Waals surface area contributed by atoms with Gasteiger partial charge in [-0.3, -0.25) is 4.57 Å². The third-order valence-corrected chi connectivity index (χ3v) is 10.6. The van der Waals surface area contributed by atoms with Crippen LogP contribution in [0.3, 0.4) is 0 Å². The van der Waals surface area contributed by atoms with Crippen LogP contribution in [0.4, 0.5) is 0 Å². The summed E-state index contributed by atoms with van der Waals surface area (Å²) in [4.78, 5) is 10.7. The van der Waals surface area contributed by atoms with Gasteiger partial charge < -0.3 is 0 Å². The minimum absolute atomic E-state index is 0.664. The van der Waals surface area contributed by atoms with Crippen molar-refractivity contribution in [2.45, 2.75) is 0 Å². The molecule has 0 aliphatic carbocycles. The molecular formula is C44H27N3S. The van der Waals surface area contributed by atoms with Gasteiger partial charge in [-0.25, -0.2) is 9.97 Å². The van der Waals surface area contributed by atoms with Gasteiger partial charge in [0.15, 0.2) is 0 Å². The van der Waals surface area contributed by atoms with Crippen LogP contribution in [0.5, 0.6) is 0 Å². The Morgan fingerprint density at radius 1 is 0.458 bits per heavy atom. The Bertz CT molecular complexity index is 2760. The molecule has 0 unspecified atom stereocenters. The van der Waals surface area contributed by atoms with Crippen molar-refractivity contribution < 1.29 is 0 Å². The minimum atomic E-state index is 0.664. The maximum atomic E-state index is 5.35. The van der Waals surface area contributed by atoms with Gasteiger partial charge in [-0.05, 0) is 46.2 Å². The summed E-state index contributed by atoms with van der Waals surface area (Å²) in [6.07, 6.45) is 0. The zero-order valence-electron chi connectivity index (χ0n) is 25.8. The quantitative estimate of drug-likeness (QED) is 0.194. The lowest BCUT2D eigenvalue weighted by Gasteiger charge is -2.13. The van der Waals surface area contributed by atoms with E-state index in [2.05, 4.69) is 156 Å². The van der Waals surface area contributed by atoms with Gasteiger partial charge in [-0.1, -0.05) is 140 Å². The standard InChI is InChI=1S/C44H27N3S/c1-4-14-28(15-5-1)34-26-35-40-32-21-11-10-16-29(32)24-25-38(40)47(42(35)43-41(34)33-22-12-13-23-39(33)48-43)44-45-36(30-17-6-2-7-18-30)27-37(46-44)31-19-8-3-9-20-31/h1-27H. The van der Waals surface area contributed by atoms with Crippen molar-refractivity contribution >= 4 is 64.1 Å². The first-order chi connectivity index (χ1) is 23.8. The van der Waals surface area contributed by atoms with E-state index in [0.717, 1.165) is 33.5 Å². The summed E-state index contributed by atoms with van der Waals surface area (Å²) in [5, 5.41) is 7.39. The van der Waals surface area contributed by atoms with Gasteiger partial charge in [0.25, 0.3) is 0 Å². The lowest BCUT2D eigenvalue weighted by atomic mass is 9.96. The Balaban J connectivity index is 1.42. The van der Waals surface area contributed by atoms with Crippen LogP contribution >= 0.6 is 11.3 Å². The Morgan fingerprint density at radius 2 is 1.04 bits per heavy atom. The van der Waals surface area contributed by atoms with Crippen LogP contribution in [-0.2, 0) is 0 Å². The average Bonchev–Trinajstić information content (AvgIpc) is 3.72. The van der Waals surface area contributed by atoms with E-state index < -0.39 is 0 Å². The minimum Gasteiger partial charge on any atom is -0.276 e. The van der Waals surface area contributed by atoms with Gasteiger partial charge in [0.1, 0.15) is 0 Å². The Kier molecular flexibility index (Phi) is 6.05.